The standard InChI is InChI=1S/C14H20BrNO/c1-10-7-8-11(15)13(9-10)16-12-5-3-4-6-14(12)17-2/h7-9,12,14,16H,3-6H2,1-2H3. The minimum absolute atomic E-state index is 0.344. The molecule has 2 unspecified atom stereocenters. The SMILES string of the molecule is COC1CCCCC1Nc1cc(C)ccc1Br. The summed E-state index contributed by atoms with van der Waals surface area (Å²) in [4.78, 5) is 0. The second-order valence-electron chi connectivity index (χ2n) is 4.79. The summed E-state index contributed by atoms with van der Waals surface area (Å²) in [5, 5.41) is 3.62. The van der Waals surface area contributed by atoms with Crippen LogP contribution >= 0.6 is 15.9 Å². The van der Waals surface area contributed by atoms with E-state index in [4.69, 9.17) is 4.74 Å². The lowest BCUT2D eigenvalue weighted by Crippen LogP contribution is -2.37. The first-order valence-corrected chi connectivity index (χ1v) is 7.05. The molecule has 2 nitrogen and oxygen atoms in total. The van der Waals surface area contributed by atoms with E-state index in [0.717, 1.165) is 10.9 Å². The smallest absolute Gasteiger partial charge is 0.0772 e. The van der Waals surface area contributed by atoms with E-state index in [2.05, 4.69) is 46.4 Å². The zero-order valence-electron chi connectivity index (χ0n) is 10.5. The van der Waals surface area contributed by atoms with Crippen molar-refractivity contribution in [2.75, 3.05) is 12.4 Å². The molecular weight excluding hydrogens is 278 g/mol. The van der Waals surface area contributed by atoms with Crippen LogP contribution in [0, 0.1) is 6.92 Å². The van der Waals surface area contributed by atoms with E-state index in [1.54, 1.807) is 0 Å². The van der Waals surface area contributed by atoms with Gasteiger partial charge in [-0.3, -0.25) is 0 Å². The molecule has 94 valence electrons. The van der Waals surface area contributed by atoms with E-state index in [0.29, 0.717) is 12.1 Å². The first kappa shape index (κ1) is 12.9. The number of nitrogens with one attached hydrogen (secondary N) is 1. The fourth-order valence-electron chi connectivity index (χ4n) is 2.49. The van der Waals surface area contributed by atoms with Crippen molar-refractivity contribution in [1.82, 2.24) is 0 Å². The Labute approximate surface area is 112 Å². The average molecular weight is 298 g/mol. The molecule has 1 aliphatic carbocycles. The highest BCUT2D eigenvalue weighted by Gasteiger charge is 2.25. The number of ether oxygens (including phenoxy) is 1. The number of halogens is 1. The molecule has 0 saturated heterocycles. The topological polar surface area (TPSA) is 21.3 Å². The molecule has 1 aliphatic rings. The van der Waals surface area contributed by atoms with Crippen LogP contribution in [0.4, 0.5) is 5.69 Å². The molecule has 0 aromatic heterocycles. The predicted molar refractivity (Wildman–Crippen MR) is 75.6 cm³/mol. The van der Waals surface area contributed by atoms with Gasteiger partial charge in [0.2, 0.25) is 0 Å². The Morgan fingerprint density at radius 3 is 2.82 bits per heavy atom. The zero-order chi connectivity index (χ0) is 12.3. The Kier molecular flexibility index (Phi) is 4.46. The third-order valence-corrected chi connectivity index (χ3v) is 4.16. The molecule has 17 heavy (non-hydrogen) atoms. The fraction of sp³-hybridized carbons (Fsp3) is 0.571. The van der Waals surface area contributed by atoms with Gasteiger partial charge in [0.15, 0.2) is 0 Å². The van der Waals surface area contributed by atoms with Crippen LogP contribution in [0.2, 0.25) is 0 Å². The molecule has 1 N–H and O–H groups in total. The first-order valence-electron chi connectivity index (χ1n) is 6.26. The van der Waals surface area contributed by atoms with Gasteiger partial charge in [0, 0.05) is 17.3 Å². The maximum absolute atomic E-state index is 5.57. The van der Waals surface area contributed by atoms with Crippen LogP contribution in [0.1, 0.15) is 31.2 Å². The lowest BCUT2D eigenvalue weighted by atomic mass is 9.92. The van der Waals surface area contributed by atoms with Crippen molar-refractivity contribution in [2.24, 2.45) is 0 Å². The molecule has 3 heteroatoms. The summed E-state index contributed by atoms with van der Waals surface area (Å²) in [6.45, 7) is 2.12. The molecule has 0 spiro atoms. The van der Waals surface area contributed by atoms with Crippen LogP contribution in [0.25, 0.3) is 0 Å². The third-order valence-electron chi connectivity index (χ3n) is 3.47. The van der Waals surface area contributed by atoms with Gasteiger partial charge in [-0.2, -0.15) is 0 Å². The summed E-state index contributed by atoms with van der Waals surface area (Å²) in [7, 11) is 1.82. The summed E-state index contributed by atoms with van der Waals surface area (Å²) >= 11 is 3.60. The molecule has 1 aromatic rings. The number of anilines is 1. The molecule has 2 rings (SSSR count). The van der Waals surface area contributed by atoms with Crippen molar-refractivity contribution in [3.05, 3.63) is 28.2 Å². The Balaban J connectivity index is 2.10. The summed E-state index contributed by atoms with van der Waals surface area (Å²) in [6.07, 6.45) is 5.28. The Bertz CT molecular complexity index is 380. The normalized spacial score (nSPS) is 24.6. The monoisotopic (exact) mass is 297 g/mol. The zero-order valence-corrected chi connectivity index (χ0v) is 12.1. The van der Waals surface area contributed by atoms with Crippen LogP contribution in [0.5, 0.6) is 0 Å². The highest BCUT2D eigenvalue weighted by atomic mass is 79.9. The van der Waals surface area contributed by atoms with Gasteiger partial charge in [-0.1, -0.05) is 18.9 Å². The summed E-state index contributed by atoms with van der Waals surface area (Å²) in [6, 6.07) is 6.84. The Morgan fingerprint density at radius 2 is 2.06 bits per heavy atom. The van der Waals surface area contributed by atoms with Gasteiger partial charge >= 0.3 is 0 Å². The lowest BCUT2D eigenvalue weighted by Gasteiger charge is -2.32. The van der Waals surface area contributed by atoms with Crippen LogP contribution in [-0.4, -0.2) is 19.3 Å². The number of methoxy groups -OCH3 is 1. The maximum Gasteiger partial charge on any atom is 0.0772 e. The van der Waals surface area contributed by atoms with Gasteiger partial charge in [0.25, 0.3) is 0 Å². The van der Waals surface area contributed by atoms with Crippen LogP contribution in [0.15, 0.2) is 22.7 Å². The quantitative estimate of drug-likeness (QED) is 0.906. The second kappa shape index (κ2) is 5.87. The number of aryl methyl sites for hydroxylation is 1. The van der Waals surface area contributed by atoms with Crippen molar-refractivity contribution in [2.45, 2.75) is 44.8 Å². The number of rotatable bonds is 3. The lowest BCUT2D eigenvalue weighted by molar-refractivity contribution is 0.0606. The summed E-state index contributed by atoms with van der Waals surface area (Å²) in [5.41, 5.74) is 2.46. The molecule has 1 fully saturated rings. The fourth-order valence-corrected chi connectivity index (χ4v) is 2.85. The maximum atomic E-state index is 5.57. The molecule has 2 atom stereocenters. The summed E-state index contributed by atoms with van der Waals surface area (Å²) in [5.74, 6) is 0. The van der Waals surface area contributed by atoms with Crippen molar-refractivity contribution in [3.63, 3.8) is 0 Å². The van der Waals surface area contributed by atoms with Gasteiger partial charge in [-0.15, -0.1) is 0 Å². The summed E-state index contributed by atoms with van der Waals surface area (Å²) < 4.78 is 6.70. The van der Waals surface area contributed by atoms with Gasteiger partial charge in [-0.25, -0.2) is 0 Å². The van der Waals surface area contributed by atoms with Gasteiger partial charge in [-0.05, 0) is 53.4 Å². The van der Waals surface area contributed by atoms with Crippen molar-refractivity contribution in [3.8, 4) is 0 Å². The van der Waals surface area contributed by atoms with E-state index in [1.165, 1.54) is 30.5 Å². The number of benzene rings is 1. The largest absolute Gasteiger partial charge is 0.379 e. The van der Waals surface area contributed by atoms with Crippen LogP contribution in [-0.2, 0) is 4.74 Å². The van der Waals surface area contributed by atoms with Gasteiger partial charge < -0.3 is 10.1 Å². The molecular formula is C14H20BrNO. The van der Waals surface area contributed by atoms with Crippen molar-refractivity contribution < 1.29 is 4.74 Å². The van der Waals surface area contributed by atoms with E-state index in [-0.39, 0.29) is 0 Å². The van der Waals surface area contributed by atoms with Crippen LogP contribution in [0.3, 0.4) is 0 Å². The van der Waals surface area contributed by atoms with Gasteiger partial charge in [0.1, 0.15) is 0 Å². The van der Waals surface area contributed by atoms with Crippen molar-refractivity contribution >= 4 is 21.6 Å². The highest BCUT2D eigenvalue weighted by molar-refractivity contribution is 9.10. The molecule has 1 saturated carbocycles. The van der Waals surface area contributed by atoms with E-state index >= 15 is 0 Å². The van der Waals surface area contributed by atoms with E-state index in [9.17, 15) is 0 Å². The number of hydrogen-bond donors (Lipinski definition) is 1. The highest BCUT2D eigenvalue weighted by Crippen LogP contribution is 2.28. The van der Waals surface area contributed by atoms with Gasteiger partial charge in [0.05, 0.1) is 12.1 Å². The minimum Gasteiger partial charge on any atom is -0.379 e. The molecule has 1 aromatic carbocycles. The Hall–Kier alpha value is -0.540. The predicted octanol–water partition coefficient (Wildman–Crippen LogP) is 4.13. The molecule has 0 heterocycles. The number of hydrogen-bond acceptors (Lipinski definition) is 2. The van der Waals surface area contributed by atoms with E-state index in [1.807, 2.05) is 7.11 Å². The molecule has 0 amide bonds. The average Bonchev–Trinajstić information content (AvgIpc) is 2.34. The first-order chi connectivity index (χ1) is 8.20. The molecule has 0 bridgehead atoms. The molecule has 0 radical (unpaired) electrons. The third kappa shape index (κ3) is 3.23. The van der Waals surface area contributed by atoms with E-state index < -0.39 is 0 Å². The second-order valence-corrected chi connectivity index (χ2v) is 5.65. The molecule has 0 aliphatic heterocycles. The van der Waals surface area contributed by atoms with Crippen LogP contribution < -0.4 is 5.32 Å². The Morgan fingerprint density at radius 1 is 1.29 bits per heavy atom. The van der Waals surface area contributed by atoms with Crippen molar-refractivity contribution in [1.29, 1.82) is 0 Å². The minimum atomic E-state index is 0.344.